The van der Waals surface area contributed by atoms with E-state index in [1.165, 1.54) is 17.2 Å². The van der Waals surface area contributed by atoms with Gasteiger partial charge in [-0.3, -0.25) is 9.36 Å². The maximum Gasteiger partial charge on any atom is 0.264 e. The number of benzene rings is 1. The minimum Gasteiger partial charge on any atom is -0.383 e. The minimum absolute atomic E-state index is 0.242. The smallest absolute Gasteiger partial charge is 0.264 e. The van der Waals surface area contributed by atoms with Crippen molar-refractivity contribution in [2.45, 2.75) is 0 Å². The molecule has 2 aliphatic rings. The van der Waals surface area contributed by atoms with Gasteiger partial charge in [-0.15, -0.1) is 0 Å². The number of carbonyl (C=O) groups is 1. The summed E-state index contributed by atoms with van der Waals surface area (Å²) in [6, 6.07) is 8.86. The summed E-state index contributed by atoms with van der Waals surface area (Å²) < 4.78 is 1.27. The zero-order valence-corrected chi connectivity index (χ0v) is 9.32. The van der Waals surface area contributed by atoms with Crippen LogP contribution in [0.2, 0.25) is 0 Å². The molecule has 6 nitrogen and oxygen atoms in total. The summed E-state index contributed by atoms with van der Waals surface area (Å²) in [5, 5.41) is 0. The maximum absolute atomic E-state index is 12.2. The van der Waals surface area contributed by atoms with Gasteiger partial charge in [0.1, 0.15) is 18.5 Å². The Labute approximate surface area is 102 Å². The molecule has 2 heterocycles. The number of fused-ring (bicyclic) bond motifs is 1. The van der Waals surface area contributed by atoms with Crippen molar-refractivity contribution >= 4 is 11.7 Å². The summed E-state index contributed by atoms with van der Waals surface area (Å²) in [5.41, 5.74) is 6.87. The largest absolute Gasteiger partial charge is 0.383 e. The van der Waals surface area contributed by atoms with E-state index in [-0.39, 0.29) is 11.7 Å². The molecular weight excluding hydrogens is 230 g/mol. The normalized spacial score (nSPS) is 10.7. The predicted octanol–water partition coefficient (Wildman–Crippen LogP) is 1.05. The molecule has 18 heavy (non-hydrogen) atoms. The van der Waals surface area contributed by atoms with E-state index in [0.29, 0.717) is 17.1 Å². The molecule has 1 aromatic carbocycles. The van der Waals surface area contributed by atoms with Gasteiger partial charge in [0, 0.05) is 5.56 Å². The fraction of sp³-hybridized carbons (Fsp3) is 0. The first kappa shape index (κ1) is 10.4. The summed E-state index contributed by atoms with van der Waals surface area (Å²) in [6.45, 7) is 0. The molecule has 6 heteroatoms. The molecule has 88 valence electrons. The molecule has 3 rings (SSSR count). The number of nitrogens with two attached hydrogens (primary N) is 1. The highest BCUT2D eigenvalue weighted by atomic mass is 16.2. The van der Waals surface area contributed by atoms with Crippen molar-refractivity contribution in [3.63, 3.8) is 0 Å². The Morgan fingerprint density at radius 1 is 1.11 bits per heavy atom. The fourth-order valence-electron chi connectivity index (χ4n) is 1.71. The molecule has 0 atom stereocenters. The van der Waals surface area contributed by atoms with Crippen LogP contribution in [-0.4, -0.2) is 25.4 Å². The van der Waals surface area contributed by atoms with Crippen molar-refractivity contribution in [3.8, 4) is 11.5 Å². The van der Waals surface area contributed by atoms with Crippen LogP contribution in [0.3, 0.4) is 0 Å². The van der Waals surface area contributed by atoms with Crippen LogP contribution < -0.4 is 5.73 Å². The number of nitrogens with zero attached hydrogens (tertiary/aromatic N) is 4. The Kier molecular flexibility index (Phi) is 2.26. The van der Waals surface area contributed by atoms with Gasteiger partial charge in [0.05, 0.1) is 0 Å². The summed E-state index contributed by atoms with van der Waals surface area (Å²) >= 11 is 0. The van der Waals surface area contributed by atoms with Gasteiger partial charge in [-0.2, -0.15) is 0 Å². The Bertz CT molecular complexity index is 676. The summed E-state index contributed by atoms with van der Waals surface area (Å²) in [7, 11) is 0. The van der Waals surface area contributed by atoms with Crippen LogP contribution in [0.4, 0.5) is 5.82 Å². The second kappa shape index (κ2) is 3.92. The van der Waals surface area contributed by atoms with E-state index in [0.717, 1.165) is 0 Å². The molecule has 0 aliphatic carbocycles. The highest BCUT2D eigenvalue weighted by Gasteiger charge is 2.18. The van der Waals surface area contributed by atoms with Gasteiger partial charge < -0.3 is 5.73 Å². The Hall–Kier alpha value is -2.76. The third kappa shape index (κ3) is 1.51. The topological polar surface area (TPSA) is 86.7 Å². The van der Waals surface area contributed by atoms with Crippen LogP contribution in [0.25, 0.3) is 11.5 Å². The van der Waals surface area contributed by atoms with Crippen LogP contribution in [0, 0.1) is 0 Å². The van der Waals surface area contributed by atoms with E-state index < -0.39 is 0 Å². The lowest BCUT2D eigenvalue weighted by Gasteiger charge is -2.10. The molecule has 0 unspecified atom stereocenters. The molecule has 2 aliphatic heterocycles. The number of aromatic nitrogens is 4. The highest BCUT2D eigenvalue weighted by Crippen LogP contribution is 2.21. The van der Waals surface area contributed by atoms with Gasteiger partial charge in [-0.25, -0.2) is 15.0 Å². The van der Waals surface area contributed by atoms with Gasteiger partial charge >= 0.3 is 0 Å². The standard InChI is InChI=1S/C12H9N5O/c13-10-9-11(15-6-14-9)16-7-17(10)12(18)8-4-2-1-3-5-8/h1-7H,13H2. The van der Waals surface area contributed by atoms with Crippen molar-refractivity contribution in [2.24, 2.45) is 0 Å². The molecular formula is C12H9N5O. The van der Waals surface area contributed by atoms with Crippen molar-refractivity contribution < 1.29 is 4.79 Å². The zero-order valence-electron chi connectivity index (χ0n) is 9.32. The van der Waals surface area contributed by atoms with Gasteiger partial charge in [0.15, 0.2) is 11.5 Å². The third-order valence-electron chi connectivity index (χ3n) is 2.62. The average molecular weight is 239 g/mol. The Balaban J connectivity index is 2.13. The number of anilines is 1. The van der Waals surface area contributed by atoms with Crippen molar-refractivity contribution in [1.29, 1.82) is 0 Å². The summed E-state index contributed by atoms with van der Waals surface area (Å²) in [4.78, 5) is 24.2. The molecule has 0 spiro atoms. The van der Waals surface area contributed by atoms with Gasteiger partial charge in [-0.05, 0) is 12.1 Å². The fourth-order valence-corrected chi connectivity index (χ4v) is 1.71. The number of imidazole rings is 1. The average Bonchev–Trinajstić information content (AvgIpc) is 2.89. The molecule has 0 saturated heterocycles. The number of rotatable bonds is 1. The van der Waals surface area contributed by atoms with E-state index in [9.17, 15) is 4.79 Å². The number of carbonyl (C=O) groups excluding carboxylic acids is 1. The minimum atomic E-state index is -0.245. The first-order valence-electron chi connectivity index (χ1n) is 5.30. The monoisotopic (exact) mass is 239 g/mol. The molecule has 0 amide bonds. The van der Waals surface area contributed by atoms with E-state index in [1.807, 2.05) is 6.07 Å². The molecule has 0 fully saturated rings. The Morgan fingerprint density at radius 3 is 2.67 bits per heavy atom. The zero-order chi connectivity index (χ0) is 12.5. The first-order chi connectivity index (χ1) is 8.77. The van der Waals surface area contributed by atoms with Crippen LogP contribution in [-0.2, 0) is 0 Å². The molecule has 2 N–H and O–H groups in total. The molecule has 1 aromatic rings. The van der Waals surface area contributed by atoms with E-state index >= 15 is 0 Å². The second-order valence-corrected chi connectivity index (χ2v) is 3.72. The highest BCUT2D eigenvalue weighted by molar-refractivity contribution is 5.98. The van der Waals surface area contributed by atoms with Gasteiger partial charge in [0.25, 0.3) is 5.91 Å². The van der Waals surface area contributed by atoms with Crippen LogP contribution >= 0.6 is 0 Å². The lowest BCUT2D eigenvalue weighted by Crippen LogP contribution is -2.18. The first-order valence-corrected chi connectivity index (χ1v) is 5.30. The van der Waals surface area contributed by atoms with Gasteiger partial charge in [0.2, 0.25) is 0 Å². The summed E-state index contributed by atoms with van der Waals surface area (Å²) in [5.74, 6) is 0.432. The number of hydrogen-bond donors (Lipinski definition) is 1. The lowest BCUT2D eigenvalue weighted by molar-refractivity contribution is 0.0961. The van der Waals surface area contributed by atoms with E-state index in [4.69, 9.17) is 5.73 Å². The Morgan fingerprint density at radius 2 is 1.89 bits per heavy atom. The van der Waals surface area contributed by atoms with Crippen LogP contribution in [0.5, 0.6) is 0 Å². The van der Waals surface area contributed by atoms with Crippen molar-refractivity contribution in [1.82, 2.24) is 19.5 Å². The SMILES string of the molecule is Nc1c2ncnc-2ncn1C(=O)c1ccccc1. The number of hydrogen-bond acceptors (Lipinski definition) is 5. The molecule has 0 radical (unpaired) electrons. The molecule has 0 aromatic heterocycles. The van der Waals surface area contributed by atoms with E-state index in [1.54, 1.807) is 24.3 Å². The summed E-state index contributed by atoms with van der Waals surface area (Å²) in [6.07, 6.45) is 2.73. The predicted molar refractivity (Wildman–Crippen MR) is 65.0 cm³/mol. The lowest BCUT2D eigenvalue weighted by atomic mass is 10.2. The quantitative estimate of drug-likeness (QED) is 0.685. The third-order valence-corrected chi connectivity index (χ3v) is 2.62. The molecule has 0 bridgehead atoms. The molecule has 0 saturated carbocycles. The van der Waals surface area contributed by atoms with Crippen LogP contribution in [0.1, 0.15) is 10.4 Å². The van der Waals surface area contributed by atoms with Crippen molar-refractivity contribution in [2.75, 3.05) is 5.73 Å². The number of nitrogen functional groups attached to an aromatic ring is 1. The maximum atomic E-state index is 12.2. The van der Waals surface area contributed by atoms with Crippen LogP contribution in [0.15, 0.2) is 43.0 Å². The van der Waals surface area contributed by atoms with Gasteiger partial charge in [-0.1, -0.05) is 18.2 Å². The van der Waals surface area contributed by atoms with Crippen molar-refractivity contribution in [3.05, 3.63) is 48.5 Å². The van der Waals surface area contributed by atoms with E-state index in [2.05, 4.69) is 15.0 Å². The second-order valence-electron chi connectivity index (χ2n) is 3.72.